The van der Waals surface area contributed by atoms with Crippen LogP contribution in [0.25, 0.3) is 0 Å². The van der Waals surface area contributed by atoms with Gasteiger partial charge in [0, 0.05) is 30.8 Å². The fourth-order valence-electron chi connectivity index (χ4n) is 2.55. The molecule has 1 saturated heterocycles. The Kier molecular flexibility index (Phi) is 4.62. The first kappa shape index (κ1) is 14.7. The molecule has 90 valence electrons. The molecule has 1 rings (SSSR count). The maximum absolute atomic E-state index is 10.9. The van der Waals surface area contributed by atoms with E-state index in [0.29, 0.717) is 0 Å². The third-order valence-corrected chi connectivity index (χ3v) is 2.49. The molecule has 0 radical (unpaired) electrons. The molecule has 0 aromatic carbocycles. The fraction of sp³-hybridized carbons (Fsp3) is 0.909. The molecule has 0 spiro atoms. The van der Waals surface area contributed by atoms with E-state index in [2.05, 4.69) is 33.0 Å². The van der Waals surface area contributed by atoms with Crippen LogP contribution in [0.4, 0.5) is 0 Å². The van der Waals surface area contributed by atoms with Gasteiger partial charge in [-0.1, -0.05) is 0 Å². The number of carbonyl (C=O) groups excluding carboxylic acids is 1. The van der Waals surface area contributed by atoms with E-state index in [9.17, 15) is 4.79 Å². The Labute approximate surface area is 98.4 Å². The number of rotatable bonds is 1. The van der Waals surface area contributed by atoms with Gasteiger partial charge in [-0.3, -0.25) is 4.79 Å². The van der Waals surface area contributed by atoms with Crippen LogP contribution in [0.5, 0.6) is 0 Å². The Morgan fingerprint density at radius 3 is 1.93 bits per heavy atom. The van der Waals surface area contributed by atoms with Crippen molar-refractivity contribution in [3.63, 3.8) is 0 Å². The van der Waals surface area contributed by atoms with E-state index in [1.807, 2.05) is 0 Å². The van der Waals surface area contributed by atoms with Crippen LogP contribution in [-0.4, -0.2) is 23.2 Å². The molecule has 0 bridgehead atoms. The van der Waals surface area contributed by atoms with Crippen molar-refractivity contribution in [3.05, 3.63) is 0 Å². The summed E-state index contributed by atoms with van der Waals surface area (Å²) >= 11 is 0. The minimum absolute atomic E-state index is 0. The van der Waals surface area contributed by atoms with Gasteiger partial charge in [0.05, 0.1) is 0 Å². The zero-order valence-corrected chi connectivity index (χ0v) is 11.0. The van der Waals surface area contributed by atoms with Gasteiger partial charge in [0.15, 0.2) is 0 Å². The van der Waals surface area contributed by atoms with Gasteiger partial charge in [0.25, 0.3) is 0 Å². The minimum Gasteiger partial charge on any atom is -0.462 e. The van der Waals surface area contributed by atoms with E-state index in [1.165, 1.54) is 6.92 Å². The predicted molar refractivity (Wildman–Crippen MR) is 63.3 cm³/mol. The molecule has 0 aromatic heterocycles. The van der Waals surface area contributed by atoms with Crippen molar-refractivity contribution >= 4 is 18.4 Å². The SMILES string of the molecule is CC(=O)OC1CC(C)(C)NC(C)(C)C1.Cl. The lowest BCUT2D eigenvalue weighted by Crippen LogP contribution is -2.59. The smallest absolute Gasteiger partial charge is 0.302 e. The Balaban J connectivity index is 0.00000196. The van der Waals surface area contributed by atoms with Gasteiger partial charge < -0.3 is 10.1 Å². The fourth-order valence-corrected chi connectivity index (χ4v) is 2.55. The zero-order chi connectivity index (χ0) is 11.0. The van der Waals surface area contributed by atoms with Crippen molar-refractivity contribution in [3.8, 4) is 0 Å². The molecule has 0 unspecified atom stereocenters. The van der Waals surface area contributed by atoms with Crippen molar-refractivity contribution in [1.82, 2.24) is 5.32 Å². The lowest BCUT2D eigenvalue weighted by Gasteiger charge is -2.45. The van der Waals surface area contributed by atoms with E-state index < -0.39 is 0 Å². The first-order valence-electron chi connectivity index (χ1n) is 5.17. The lowest BCUT2D eigenvalue weighted by molar-refractivity contribution is -0.150. The van der Waals surface area contributed by atoms with Crippen molar-refractivity contribution in [2.45, 2.75) is 64.6 Å². The summed E-state index contributed by atoms with van der Waals surface area (Å²) in [4.78, 5) is 10.9. The molecule has 0 aliphatic carbocycles. The van der Waals surface area contributed by atoms with Crippen molar-refractivity contribution in [2.24, 2.45) is 0 Å². The number of esters is 1. The molecule has 1 fully saturated rings. The van der Waals surface area contributed by atoms with Crippen LogP contribution in [0.1, 0.15) is 47.5 Å². The van der Waals surface area contributed by atoms with E-state index in [-0.39, 0.29) is 35.6 Å². The molecule has 1 aliphatic heterocycles. The second-order valence-corrected chi connectivity index (χ2v) is 5.53. The summed E-state index contributed by atoms with van der Waals surface area (Å²) in [5, 5.41) is 3.54. The van der Waals surface area contributed by atoms with Crippen molar-refractivity contribution in [1.29, 1.82) is 0 Å². The molecule has 1 heterocycles. The zero-order valence-electron chi connectivity index (χ0n) is 10.2. The van der Waals surface area contributed by atoms with Crippen LogP contribution >= 0.6 is 12.4 Å². The van der Waals surface area contributed by atoms with Crippen LogP contribution in [-0.2, 0) is 9.53 Å². The summed E-state index contributed by atoms with van der Waals surface area (Å²) < 4.78 is 5.28. The third kappa shape index (κ3) is 4.85. The number of hydrogen-bond acceptors (Lipinski definition) is 3. The quantitative estimate of drug-likeness (QED) is 0.709. The number of carbonyl (C=O) groups is 1. The second-order valence-electron chi connectivity index (χ2n) is 5.53. The molecule has 15 heavy (non-hydrogen) atoms. The summed E-state index contributed by atoms with van der Waals surface area (Å²) in [7, 11) is 0. The molecule has 3 nitrogen and oxygen atoms in total. The molecule has 0 atom stereocenters. The van der Waals surface area contributed by atoms with Gasteiger partial charge in [0.1, 0.15) is 6.10 Å². The standard InChI is InChI=1S/C11H21NO2.ClH/c1-8(13)14-9-6-10(2,3)12-11(4,5)7-9;/h9,12H,6-7H2,1-5H3;1H. The lowest BCUT2D eigenvalue weighted by atomic mass is 9.81. The summed E-state index contributed by atoms with van der Waals surface area (Å²) in [6, 6.07) is 0. The largest absolute Gasteiger partial charge is 0.462 e. The first-order valence-corrected chi connectivity index (χ1v) is 5.17. The number of piperidine rings is 1. The molecule has 0 saturated carbocycles. The van der Waals surface area contributed by atoms with Gasteiger partial charge in [0.2, 0.25) is 0 Å². The minimum atomic E-state index is -0.177. The number of halogens is 1. The maximum atomic E-state index is 10.9. The summed E-state index contributed by atoms with van der Waals surface area (Å²) in [5.74, 6) is -0.177. The van der Waals surface area contributed by atoms with E-state index >= 15 is 0 Å². The van der Waals surface area contributed by atoms with Crippen LogP contribution in [0.2, 0.25) is 0 Å². The number of hydrogen-bond donors (Lipinski definition) is 1. The van der Waals surface area contributed by atoms with Gasteiger partial charge in [-0.15, -0.1) is 12.4 Å². The molecule has 0 amide bonds. The van der Waals surface area contributed by atoms with Crippen molar-refractivity contribution in [2.75, 3.05) is 0 Å². The van der Waals surface area contributed by atoms with Crippen LogP contribution < -0.4 is 5.32 Å². The molecule has 1 aliphatic rings. The summed E-state index contributed by atoms with van der Waals surface area (Å²) in [6.07, 6.45) is 1.82. The van der Waals surface area contributed by atoms with Gasteiger partial charge in [-0.05, 0) is 27.7 Å². The Morgan fingerprint density at radius 2 is 1.60 bits per heavy atom. The molecule has 1 N–H and O–H groups in total. The van der Waals surface area contributed by atoms with Crippen LogP contribution in [0, 0.1) is 0 Å². The number of ether oxygens (including phenoxy) is 1. The maximum Gasteiger partial charge on any atom is 0.302 e. The Hall–Kier alpha value is -0.280. The topological polar surface area (TPSA) is 38.3 Å². The third-order valence-electron chi connectivity index (χ3n) is 2.49. The molecule has 0 aromatic rings. The Morgan fingerprint density at radius 1 is 1.20 bits per heavy atom. The highest BCUT2D eigenvalue weighted by atomic mass is 35.5. The van der Waals surface area contributed by atoms with E-state index in [0.717, 1.165) is 12.8 Å². The Bertz CT molecular complexity index is 223. The van der Waals surface area contributed by atoms with Crippen LogP contribution in [0.3, 0.4) is 0 Å². The summed E-state index contributed by atoms with van der Waals surface area (Å²) in [5.41, 5.74) is 0.0870. The monoisotopic (exact) mass is 235 g/mol. The first-order chi connectivity index (χ1) is 6.20. The summed E-state index contributed by atoms with van der Waals surface area (Å²) in [6.45, 7) is 10.0. The molecule has 4 heteroatoms. The highest BCUT2D eigenvalue weighted by molar-refractivity contribution is 5.85. The number of nitrogens with one attached hydrogen (secondary N) is 1. The van der Waals surface area contributed by atoms with E-state index in [1.54, 1.807) is 0 Å². The van der Waals surface area contributed by atoms with Crippen LogP contribution in [0.15, 0.2) is 0 Å². The van der Waals surface area contributed by atoms with Gasteiger partial charge >= 0.3 is 5.97 Å². The van der Waals surface area contributed by atoms with Gasteiger partial charge in [-0.2, -0.15) is 0 Å². The second kappa shape index (κ2) is 4.71. The highest BCUT2D eigenvalue weighted by Gasteiger charge is 2.38. The van der Waals surface area contributed by atoms with Gasteiger partial charge in [-0.25, -0.2) is 0 Å². The normalized spacial score (nSPS) is 24.1. The average Bonchev–Trinajstić information content (AvgIpc) is 1.74. The molecular formula is C11H22ClNO2. The molecular weight excluding hydrogens is 214 g/mol. The average molecular weight is 236 g/mol. The predicted octanol–water partition coefficient (Wildman–Crippen LogP) is 2.28. The highest BCUT2D eigenvalue weighted by Crippen LogP contribution is 2.30. The van der Waals surface area contributed by atoms with E-state index in [4.69, 9.17) is 4.74 Å². The van der Waals surface area contributed by atoms with Crippen molar-refractivity contribution < 1.29 is 9.53 Å².